The predicted octanol–water partition coefficient (Wildman–Crippen LogP) is 2.64. The first-order valence-electron chi connectivity index (χ1n) is 6.79. The Morgan fingerprint density at radius 3 is 2.53 bits per heavy atom. The largest absolute Gasteiger partial charge is 0.329 e. The van der Waals surface area contributed by atoms with Gasteiger partial charge in [-0.3, -0.25) is 4.90 Å². The van der Waals surface area contributed by atoms with Crippen LogP contribution in [0.5, 0.6) is 0 Å². The van der Waals surface area contributed by atoms with E-state index in [1.165, 1.54) is 24.8 Å². The lowest BCUT2D eigenvalue weighted by molar-refractivity contribution is 0.104. The van der Waals surface area contributed by atoms with Crippen LogP contribution in [-0.2, 0) is 6.54 Å². The number of hydrogen-bond donors (Lipinski definition) is 1. The first-order chi connectivity index (χ1) is 8.31. The van der Waals surface area contributed by atoms with Crippen LogP contribution in [-0.4, -0.2) is 24.0 Å². The van der Waals surface area contributed by atoms with Crippen molar-refractivity contribution in [1.29, 1.82) is 0 Å². The molecule has 0 aromatic heterocycles. The second kappa shape index (κ2) is 6.18. The van der Waals surface area contributed by atoms with E-state index >= 15 is 0 Å². The van der Waals surface area contributed by atoms with Gasteiger partial charge in [-0.1, -0.05) is 36.8 Å². The fourth-order valence-electron chi connectivity index (χ4n) is 2.63. The van der Waals surface area contributed by atoms with Crippen molar-refractivity contribution in [2.45, 2.75) is 38.8 Å². The molecule has 1 saturated carbocycles. The zero-order valence-corrected chi connectivity index (χ0v) is 10.8. The third-order valence-corrected chi connectivity index (χ3v) is 4.05. The summed E-state index contributed by atoms with van der Waals surface area (Å²) < 4.78 is 0. The molecule has 0 heterocycles. The normalized spacial score (nSPS) is 18.1. The van der Waals surface area contributed by atoms with Crippen LogP contribution in [0.4, 0.5) is 0 Å². The minimum atomic E-state index is 0.674. The Morgan fingerprint density at radius 1 is 1.29 bits per heavy atom. The molecule has 0 spiro atoms. The average Bonchev–Trinajstić information content (AvgIpc) is 2.27. The Labute approximate surface area is 105 Å². The van der Waals surface area contributed by atoms with Crippen molar-refractivity contribution in [3.63, 3.8) is 0 Å². The fourth-order valence-corrected chi connectivity index (χ4v) is 2.63. The van der Waals surface area contributed by atoms with E-state index in [4.69, 9.17) is 5.73 Å². The zero-order chi connectivity index (χ0) is 12.1. The number of benzene rings is 1. The number of nitrogens with two attached hydrogens (primary N) is 1. The summed E-state index contributed by atoms with van der Waals surface area (Å²) in [5.41, 5.74) is 7.13. The molecule has 1 unspecified atom stereocenters. The van der Waals surface area contributed by atoms with Gasteiger partial charge in [0.05, 0.1) is 0 Å². The highest BCUT2D eigenvalue weighted by atomic mass is 15.2. The molecule has 0 radical (unpaired) electrons. The summed E-state index contributed by atoms with van der Waals surface area (Å²) in [7, 11) is 0. The summed E-state index contributed by atoms with van der Waals surface area (Å²) >= 11 is 0. The van der Waals surface area contributed by atoms with Crippen LogP contribution in [0.2, 0.25) is 0 Å². The molecule has 94 valence electrons. The third-order valence-electron chi connectivity index (χ3n) is 4.05. The van der Waals surface area contributed by atoms with E-state index in [1.807, 2.05) is 0 Å². The minimum absolute atomic E-state index is 0.674. The van der Waals surface area contributed by atoms with E-state index in [9.17, 15) is 0 Å². The van der Waals surface area contributed by atoms with Crippen LogP contribution in [0.3, 0.4) is 0 Å². The summed E-state index contributed by atoms with van der Waals surface area (Å²) in [4.78, 5) is 2.54. The van der Waals surface area contributed by atoms with Gasteiger partial charge in [0.2, 0.25) is 0 Å². The van der Waals surface area contributed by atoms with Crippen LogP contribution < -0.4 is 5.73 Å². The molecule has 0 saturated heterocycles. The maximum Gasteiger partial charge on any atom is 0.0237 e. The predicted molar refractivity (Wildman–Crippen MR) is 72.7 cm³/mol. The van der Waals surface area contributed by atoms with Crippen molar-refractivity contribution < 1.29 is 0 Å². The van der Waals surface area contributed by atoms with E-state index in [1.54, 1.807) is 0 Å². The average molecular weight is 232 g/mol. The van der Waals surface area contributed by atoms with Gasteiger partial charge in [0.25, 0.3) is 0 Å². The minimum Gasteiger partial charge on any atom is -0.329 e. The zero-order valence-electron chi connectivity index (χ0n) is 10.8. The molecule has 1 atom stereocenters. The molecule has 1 aromatic carbocycles. The van der Waals surface area contributed by atoms with Crippen LogP contribution in [0.1, 0.15) is 31.7 Å². The van der Waals surface area contributed by atoms with Gasteiger partial charge in [0, 0.05) is 25.7 Å². The van der Waals surface area contributed by atoms with Crippen LogP contribution in [0.15, 0.2) is 30.3 Å². The van der Waals surface area contributed by atoms with E-state index in [0.717, 1.165) is 25.6 Å². The van der Waals surface area contributed by atoms with Gasteiger partial charge in [-0.2, -0.15) is 0 Å². The van der Waals surface area contributed by atoms with Gasteiger partial charge in [0.15, 0.2) is 0 Å². The highest BCUT2D eigenvalue weighted by molar-refractivity contribution is 5.14. The molecule has 0 aliphatic heterocycles. The second-order valence-corrected chi connectivity index (χ2v) is 5.18. The van der Waals surface area contributed by atoms with E-state index in [2.05, 4.69) is 42.2 Å². The summed E-state index contributed by atoms with van der Waals surface area (Å²) in [6.45, 7) is 5.16. The van der Waals surface area contributed by atoms with Crippen LogP contribution >= 0.6 is 0 Å². The topological polar surface area (TPSA) is 29.3 Å². The molecule has 1 fully saturated rings. The van der Waals surface area contributed by atoms with Gasteiger partial charge < -0.3 is 5.73 Å². The molecule has 2 rings (SSSR count). The van der Waals surface area contributed by atoms with Crippen molar-refractivity contribution >= 4 is 0 Å². The van der Waals surface area contributed by atoms with Gasteiger partial charge >= 0.3 is 0 Å². The van der Waals surface area contributed by atoms with Crippen molar-refractivity contribution in [3.8, 4) is 0 Å². The number of rotatable bonds is 6. The smallest absolute Gasteiger partial charge is 0.0237 e. The molecule has 1 aliphatic carbocycles. The Morgan fingerprint density at radius 2 is 2.00 bits per heavy atom. The molecular formula is C15H24N2. The summed E-state index contributed by atoms with van der Waals surface area (Å²) in [6.07, 6.45) is 4.21. The first-order valence-corrected chi connectivity index (χ1v) is 6.79. The van der Waals surface area contributed by atoms with E-state index in [-0.39, 0.29) is 0 Å². The summed E-state index contributed by atoms with van der Waals surface area (Å²) in [6, 6.07) is 11.4. The van der Waals surface area contributed by atoms with Crippen molar-refractivity contribution in [3.05, 3.63) is 35.9 Å². The highest BCUT2D eigenvalue weighted by Gasteiger charge is 2.27. The molecule has 0 bridgehead atoms. The van der Waals surface area contributed by atoms with Gasteiger partial charge in [-0.25, -0.2) is 0 Å². The van der Waals surface area contributed by atoms with E-state index in [0.29, 0.717) is 6.04 Å². The lowest BCUT2D eigenvalue weighted by Crippen LogP contribution is -2.43. The molecule has 2 N–H and O–H groups in total. The fraction of sp³-hybridized carbons (Fsp3) is 0.600. The van der Waals surface area contributed by atoms with Gasteiger partial charge in [0.1, 0.15) is 0 Å². The van der Waals surface area contributed by atoms with Crippen LogP contribution in [0, 0.1) is 5.92 Å². The van der Waals surface area contributed by atoms with Gasteiger partial charge in [-0.05, 0) is 31.2 Å². The summed E-state index contributed by atoms with van der Waals surface area (Å²) in [5.74, 6) is 0.894. The first kappa shape index (κ1) is 12.6. The van der Waals surface area contributed by atoms with Crippen molar-refractivity contribution in [2.75, 3.05) is 13.1 Å². The summed E-state index contributed by atoms with van der Waals surface area (Å²) in [5, 5.41) is 0. The Balaban J connectivity index is 1.96. The Kier molecular flexibility index (Phi) is 4.57. The van der Waals surface area contributed by atoms with Gasteiger partial charge in [-0.15, -0.1) is 0 Å². The lowest BCUT2D eigenvalue weighted by atomic mass is 9.79. The number of hydrogen-bond acceptors (Lipinski definition) is 2. The van der Waals surface area contributed by atoms with E-state index < -0.39 is 0 Å². The SMILES string of the molecule is CC(C1CCC1)N(CCN)Cc1ccccc1. The standard InChI is InChI=1S/C15H24N2/c1-13(15-8-5-9-15)17(11-10-16)12-14-6-3-2-4-7-14/h2-4,6-7,13,15H,5,8-12,16H2,1H3. The van der Waals surface area contributed by atoms with Crippen molar-refractivity contribution in [1.82, 2.24) is 4.90 Å². The maximum absolute atomic E-state index is 5.74. The molecule has 0 amide bonds. The van der Waals surface area contributed by atoms with Crippen molar-refractivity contribution in [2.24, 2.45) is 11.7 Å². The molecule has 1 aromatic rings. The quantitative estimate of drug-likeness (QED) is 0.817. The second-order valence-electron chi connectivity index (χ2n) is 5.18. The monoisotopic (exact) mass is 232 g/mol. The molecule has 2 heteroatoms. The molecule has 1 aliphatic rings. The highest BCUT2D eigenvalue weighted by Crippen LogP contribution is 2.32. The number of nitrogens with zero attached hydrogens (tertiary/aromatic N) is 1. The molecule has 17 heavy (non-hydrogen) atoms. The Hall–Kier alpha value is -0.860. The Bertz CT molecular complexity index is 319. The molecule has 2 nitrogen and oxygen atoms in total. The maximum atomic E-state index is 5.74. The lowest BCUT2D eigenvalue weighted by Gasteiger charge is -2.39. The van der Waals surface area contributed by atoms with Crippen LogP contribution in [0.25, 0.3) is 0 Å². The third kappa shape index (κ3) is 3.30. The molecular weight excluding hydrogens is 208 g/mol.